The van der Waals surface area contributed by atoms with Gasteiger partial charge in [-0.05, 0) is 73.9 Å². The molecule has 1 aromatic heterocycles. The van der Waals surface area contributed by atoms with E-state index in [4.69, 9.17) is 4.74 Å². The SMILES string of the molecule is CC(C)(C)OC(=O)CCc1cc(-c2cc(-c3cccc(C(F)(F)F)c3)ccc2O)ccn1. The van der Waals surface area contributed by atoms with Gasteiger partial charge in [0.2, 0.25) is 0 Å². The Labute approximate surface area is 184 Å². The Morgan fingerprint density at radius 3 is 2.38 bits per heavy atom. The van der Waals surface area contributed by atoms with Crippen molar-refractivity contribution < 1.29 is 27.8 Å². The minimum absolute atomic E-state index is 0.00924. The minimum Gasteiger partial charge on any atom is -0.507 e. The second-order valence-corrected chi connectivity index (χ2v) is 8.43. The van der Waals surface area contributed by atoms with Gasteiger partial charge in [-0.25, -0.2) is 0 Å². The zero-order valence-corrected chi connectivity index (χ0v) is 18.0. The first-order valence-electron chi connectivity index (χ1n) is 10.1. The van der Waals surface area contributed by atoms with Crippen LogP contribution in [0.5, 0.6) is 5.75 Å². The summed E-state index contributed by atoms with van der Waals surface area (Å²) in [6.45, 7) is 5.39. The molecule has 0 aliphatic rings. The number of phenolic OH excluding ortho intramolecular Hbond substituents is 1. The van der Waals surface area contributed by atoms with E-state index in [2.05, 4.69) is 4.98 Å². The molecule has 0 saturated heterocycles. The van der Waals surface area contributed by atoms with Crippen molar-refractivity contribution in [3.05, 3.63) is 72.1 Å². The third-order valence-electron chi connectivity index (χ3n) is 4.65. The Hall–Kier alpha value is -3.35. The van der Waals surface area contributed by atoms with Crippen LogP contribution in [0.15, 0.2) is 60.8 Å². The van der Waals surface area contributed by atoms with Crippen molar-refractivity contribution in [2.75, 3.05) is 0 Å². The molecular formula is C25H24F3NO3. The van der Waals surface area contributed by atoms with Gasteiger partial charge in [0.05, 0.1) is 12.0 Å². The summed E-state index contributed by atoms with van der Waals surface area (Å²) in [6, 6.07) is 13.1. The van der Waals surface area contributed by atoms with Gasteiger partial charge in [0, 0.05) is 23.9 Å². The quantitative estimate of drug-likeness (QED) is 0.463. The largest absolute Gasteiger partial charge is 0.507 e. The highest BCUT2D eigenvalue weighted by Gasteiger charge is 2.30. The number of benzene rings is 2. The number of esters is 1. The van der Waals surface area contributed by atoms with E-state index in [9.17, 15) is 23.1 Å². The number of alkyl halides is 3. The van der Waals surface area contributed by atoms with Crippen molar-refractivity contribution >= 4 is 5.97 Å². The zero-order chi connectivity index (χ0) is 23.5. The van der Waals surface area contributed by atoms with Crippen molar-refractivity contribution in [2.45, 2.75) is 45.4 Å². The maximum absolute atomic E-state index is 13.1. The van der Waals surface area contributed by atoms with Gasteiger partial charge in [0.1, 0.15) is 11.4 Å². The Kier molecular flexibility index (Phi) is 6.57. The van der Waals surface area contributed by atoms with Crippen LogP contribution in [0.2, 0.25) is 0 Å². The fraction of sp³-hybridized carbons (Fsp3) is 0.280. The van der Waals surface area contributed by atoms with Crippen molar-refractivity contribution in [3.8, 4) is 28.0 Å². The van der Waals surface area contributed by atoms with Crippen LogP contribution in [0.4, 0.5) is 13.2 Å². The third kappa shape index (κ3) is 6.09. The average molecular weight is 443 g/mol. The lowest BCUT2D eigenvalue weighted by atomic mass is 9.97. The lowest BCUT2D eigenvalue weighted by Gasteiger charge is -2.19. The van der Waals surface area contributed by atoms with E-state index in [0.29, 0.717) is 34.4 Å². The molecule has 0 bridgehead atoms. The summed E-state index contributed by atoms with van der Waals surface area (Å²) in [5.74, 6) is -0.343. The summed E-state index contributed by atoms with van der Waals surface area (Å²) < 4.78 is 44.5. The van der Waals surface area contributed by atoms with E-state index in [0.717, 1.165) is 12.1 Å². The highest BCUT2D eigenvalue weighted by molar-refractivity contribution is 5.78. The van der Waals surface area contributed by atoms with Crippen molar-refractivity contribution in [1.82, 2.24) is 4.98 Å². The summed E-state index contributed by atoms with van der Waals surface area (Å²) in [6.07, 6.45) is -2.36. The lowest BCUT2D eigenvalue weighted by molar-refractivity contribution is -0.154. The number of aromatic nitrogens is 1. The maximum Gasteiger partial charge on any atom is 0.416 e. The second-order valence-electron chi connectivity index (χ2n) is 8.43. The molecule has 0 unspecified atom stereocenters. The molecule has 168 valence electrons. The van der Waals surface area contributed by atoms with Gasteiger partial charge < -0.3 is 9.84 Å². The minimum atomic E-state index is -4.44. The van der Waals surface area contributed by atoms with Crippen LogP contribution in [-0.2, 0) is 22.1 Å². The fourth-order valence-electron chi connectivity index (χ4n) is 3.23. The molecule has 32 heavy (non-hydrogen) atoms. The highest BCUT2D eigenvalue weighted by atomic mass is 19.4. The van der Waals surface area contributed by atoms with E-state index in [-0.39, 0.29) is 18.1 Å². The topological polar surface area (TPSA) is 59.4 Å². The Bertz CT molecular complexity index is 1120. The first kappa shape index (κ1) is 23.3. The monoisotopic (exact) mass is 443 g/mol. The first-order valence-corrected chi connectivity index (χ1v) is 10.1. The van der Waals surface area contributed by atoms with Crippen molar-refractivity contribution in [1.29, 1.82) is 0 Å². The Balaban J connectivity index is 1.86. The van der Waals surface area contributed by atoms with Crippen LogP contribution >= 0.6 is 0 Å². The van der Waals surface area contributed by atoms with Crippen molar-refractivity contribution in [2.24, 2.45) is 0 Å². The number of rotatable bonds is 5. The average Bonchev–Trinajstić information content (AvgIpc) is 2.71. The molecule has 0 spiro atoms. The Morgan fingerprint density at radius 2 is 1.69 bits per heavy atom. The molecular weight excluding hydrogens is 419 g/mol. The van der Waals surface area contributed by atoms with E-state index in [1.807, 2.05) is 0 Å². The lowest BCUT2D eigenvalue weighted by Crippen LogP contribution is -2.24. The highest BCUT2D eigenvalue weighted by Crippen LogP contribution is 2.36. The number of carbonyl (C=O) groups excluding carboxylic acids is 1. The number of phenols is 1. The van der Waals surface area contributed by atoms with Crippen LogP contribution in [0, 0.1) is 0 Å². The molecule has 4 nitrogen and oxygen atoms in total. The molecule has 0 atom stereocenters. The number of halogens is 3. The first-order chi connectivity index (χ1) is 14.9. The molecule has 2 aromatic carbocycles. The summed E-state index contributed by atoms with van der Waals surface area (Å²) in [7, 11) is 0. The van der Waals surface area contributed by atoms with Gasteiger partial charge in [0.15, 0.2) is 0 Å². The van der Waals surface area contributed by atoms with E-state index >= 15 is 0 Å². The molecule has 0 aliphatic heterocycles. The van der Waals surface area contributed by atoms with Gasteiger partial charge >= 0.3 is 12.1 Å². The van der Waals surface area contributed by atoms with Crippen LogP contribution in [0.25, 0.3) is 22.3 Å². The number of hydrogen-bond acceptors (Lipinski definition) is 4. The summed E-state index contributed by atoms with van der Waals surface area (Å²) >= 11 is 0. The van der Waals surface area contributed by atoms with Gasteiger partial charge in [-0.2, -0.15) is 13.2 Å². The van der Waals surface area contributed by atoms with E-state index < -0.39 is 17.3 Å². The second kappa shape index (κ2) is 9.02. The maximum atomic E-state index is 13.1. The van der Waals surface area contributed by atoms with E-state index in [1.165, 1.54) is 12.1 Å². The third-order valence-corrected chi connectivity index (χ3v) is 4.65. The number of nitrogens with zero attached hydrogens (tertiary/aromatic N) is 1. The molecule has 3 rings (SSSR count). The number of pyridine rings is 1. The zero-order valence-electron chi connectivity index (χ0n) is 18.0. The van der Waals surface area contributed by atoms with Crippen LogP contribution < -0.4 is 0 Å². The van der Waals surface area contributed by atoms with Gasteiger partial charge in [-0.1, -0.05) is 18.2 Å². The number of ether oxygens (including phenoxy) is 1. The number of hydrogen-bond donors (Lipinski definition) is 1. The Morgan fingerprint density at radius 1 is 0.969 bits per heavy atom. The molecule has 7 heteroatoms. The molecule has 1 heterocycles. The smallest absolute Gasteiger partial charge is 0.416 e. The molecule has 0 radical (unpaired) electrons. The number of carbonyl (C=O) groups is 1. The fourth-order valence-corrected chi connectivity index (χ4v) is 3.23. The van der Waals surface area contributed by atoms with Crippen molar-refractivity contribution in [3.63, 3.8) is 0 Å². The molecule has 0 aliphatic carbocycles. The molecule has 0 amide bonds. The van der Waals surface area contributed by atoms with Crippen LogP contribution in [0.1, 0.15) is 38.4 Å². The molecule has 3 aromatic rings. The predicted octanol–water partition coefficient (Wildman–Crippen LogP) is 6.41. The molecule has 0 fully saturated rings. The molecule has 1 N–H and O–H groups in total. The standard InChI is InChI=1S/C25H24F3NO3/c1-24(2,3)32-23(31)10-8-20-14-18(11-12-29-20)21-15-17(7-9-22(21)30)16-5-4-6-19(13-16)25(26,27)28/h4-7,9,11-15,30H,8,10H2,1-3H3. The summed E-state index contributed by atoms with van der Waals surface area (Å²) in [5, 5.41) is 10.4. The van der Waals surface area contributed by atoms with Gasteiger partial charge in [0.25, 0.3) is 0 Å². The van der Waals surface area contributed by atoms with Gasteiger partial charge in [-0.15, -0.1) is 0 Å². The van der Waals surface area contributed by atoms with E-state index in [1.54, 1.807) is 57.3 Å². The predicted molar refractivity (Wildman–Crippen MR) is 116 cm³/mol. The van der Waals surface area contributed by atoms with Crippen LogP contribution in [0.3, 0.4) is 0 Å². The van der Waals surface area contributed by atoms with Crippen LogP contribution in [-0.4, -0.2) is 21.7 Å². The molecule has 0 saturated carbocycles. The summed E-state index contributed by atoms with van der Waals surface area (Å²) in [5.41, 5.74) is 1.36. The number of aromatic hydroxyl groups is 1. The van der Waals surface area contributed by atoms with Gasteiger partial charge in [-0.3, -0.25) is 9.78 Å². The summed E-state index contributed by atoms with van der Waals surface area (Å²) in [4.78, 5) is 16.2. The number of aryl methyl sites for hydroxylation is 1. The normalized spacial score (nSPS) is 11.9.